The van der Waals surface area contributed by atoms with E-state index in [-0.39, 0.29) is 17.9 Å². The molecule has 2 aromatic carbocycles. The summed E-state index contributed by atoms with van der Waals surface area (Å²) in [5.74, 6) is 0.396. The van der Waals surface area contributed by atoms with Gasteiger partial charge in [0.05, 0.1) is 17.6 Å². The number of carbonyl (C=O) groups is 1. The molecule has 0 aromatic heterocycles. The van der Waals surface area contributed by atoms with Crippen molar-refractivity contribution in [2.45, 2.75) is 51.2 Å². The highest BCUT2D eigenvalue weighted by Crippen LogP contribution is 2.63. The fraction of sp³-hybridized carbons (Fsp3) is 0.400. The summed E-state index contributed by atoms with van der Waals surface area (Å²) in [6, 6.07) is 20.9. The molecule has 28 heavy (non-hydrogen) atoms. The van der Waals surface area contributed by atoms with E-state index in [2.05, 4.69) is 67.4 Å². The second-order valence-electron chi connectivity index (χ2n) is 8.62. The fourth-order valence-corrected chi connectivity index (χ4v) is 5.77. The highest BCUT2D eigenvalue weighted by molar-refractivity contribution is 6.03. The second kappa shape index (κ2) is 6.59. The van der Waals surface area contributed by atoms with Crippen LogP contribution in [0.2, 0.25) is 0 Å². The number of nitrogens with zero attached hydrogens (tertiary/aromatic N) is 1. The minimum Gasteiger partial charge on any atom is -0.294 e. The molecule has 1 spiro atoms. The van der Waals surface area contributed by atoms with E-state index in [9.17, 15) is 4.79 Å². The van der Waals surface area contributed by atoms with Gasteiger partial charge in [-0.05, 0) is 44.4 Å². The van der Waals surface area contributed by atoms with Gasteiger partial charge in [0.2, 0.25) is 0 Å². The van der Waals surface area contributed by atoms with Crippen LogP contribution in [0.15, 0.2) is 71.8 Å². The zero-order valence-electron chi connectivity index (χ0n) is 16.6. The second-order valence-corrected chi connectivity index (χ2v) is 8.62. The maximum atomic E-state index is 13.5. The first-order valence-electron chi connectivity index (χ1n) is 10.4. The van der Waals surface area contributed by atoms with Crippen LogP contribution >= 0.6 is 0 Å². The van der Waals surface area contributed by atoms with Gasteiger partial charge in [-0.15, -0.1) is 0 Å². The number of carbonyl (C=O) groups excluding carboxylic acids is 1. The number of hydrogen-bond acceptors (Lipinski definition) is 3. The van der Waals surface area contributed by atoms with Crippen LogP contribution in [0, 0.1) is 11.8 Å². The molecule has 0 radical (unpaired) electrons. The maximum absolute atomic E-state index is 13.5. The van der Waals surface area contributed by atoms with Crippen LogP contribution in [0.4, 0.5) is 5.69 Å². The molecule has 2 aromatic rings. The number of allylic oxidation sites excluding steroid dienone is 1. The van der Waals surface area contributed by atoms with Gasteiger partial charge < -0.3 is 0 Å². The Morgan fingerprint density at radius 3 is 2.36 bits per heavy atom. The van der Waals surface area contributed by atoms with Gasteiger partial charge in [-0.3, -0.25) is 9.63 Å². The van der Waals surface area contributed by atoms with Crippen molar-refractivity contribution in [2.75, 3.05) is 5.06 Å². The molecule has 3 aliphatic rings. The van der Waals surface area contributed by atoms with Crippen molar-refractivity contribution in [3.05, 3.63) is 77.4 Å². The Bertz CT molecular complexity index is 916. The molecule has 3 heteroatoms. The topological polar surface area (TPSA) is 29.5 Å². The molecule has 0 amide bonds. The summed E-state index contributed by atoms with van der Waals surface area (Å²) in [4.78, 5) is 20.3. The van der Waals surface area contributed by atoms with Crippen molar-refractivity contribution in [1.82, 2.24) is 0 Å². The minimum absolute atomic E-state index is 0.0144. The van der Waals surface area contributed by atoms with Crippen molar-refractivity contribution < 1.29 is 9.63 Å². The highest BCUT2D eigenvalue weighted by atomic mass is 16.7. The summed E-state index contributed by atoms with van der Waals surface area (Å²) in [7, 11) is 0. The molecule has 0 N–H and O–H groups in total. The molecule has 2 aliphatic carbocycles. The van der Waals surface area contributed by atoms with Crippen molar-refractivity contribution in [2.24, 2.45) is 11.8 Å². The molecule has 1 saturated heterocycles. The number of anilines is 1. The van der Waals surface area contributed by atoms with E-state index >= 15 is 0 Å². The number of hydroxylamine groups is 1. The molecule has 5 rings (SSSR count). The summed E-state index contributed by atoms with van der Waals surface area (Å²) in [5.41, 5.74) is 4.02. The van der Waals surface area contributed by atoms with Gasteiger partial charge in [-0.1, -0.05) is 66.9 Å². The van der Waals surface area contributed by atoms with Gasteiger partial charge in [-0.25, -0.2) is 5.06 Å². The number of hydrogen-bond donors (Lipinski definition) is 0. The number of para-hydroxylation sites is 1. The van der Waals surface area contributed by atoms with E-state index in [4.69, 9.17) is 4.84 Å². The van der Waals surface area contributed by atoms with E-state index in [1.54, 1.807) is 0 Å². The maximum Gasteiger partial charge on any atom is 0.165 e. The molecule has 3 nitrogen and oxygen atoms in total. The van der Waals surface area contributed by atoms with Crippen molar-refractivity contribution in [3.63, 3.8) is 0 Å². The van der Waals surface area contributed by atoms with Crippen LogP contribution in [0.1, 0.15) is 51.1 Å². The first kappa shape index (κ1) is 17.7. The summed E-state index contributed by atoms with van der Waals surface area (Å²) in [5, 5.41) is 2.10. The number of benzene rings is 2. The Labute approximate surface area is 167 Å². The molecule has 144 valence electrons. The predicted molar refractivity (Wildman–Crippen MR) is 111 cm³/mol. The average Bonchev–Trinajstić information content (AvgIpc) is 3.17. The highest BCUT2D eigenvalue weighted by Gasteiger charge is 2.67. The number of rotatable bonds is 2. The monoisotopic (exact) mass is 373 g/mol. The standard InChI is InChI=1S/C25H27NO2/c1-17(2)21-22-23(18-11-5-3-6-12-18)26(19-13-7-4-8-14-19)28-25(22)16-10-9-15-20(25)24(21)27/h3-8,11-14,20,22-23H,9-10,15-16H2,1-2H3/t20?,22-,23+,25-/m0/s1. The molecule has 4 atom stereocenters. The molecule has 1 unspecified atom stereocenters. The van der Waals surface area contributed by atoms with Gasteiger partial charge in [0.25, 0.3) is 0 Å². The fourth-order valence-electron chi connectivity index (χ4n) is 5.77. The molecular formula is C25H27NO2. The van der Waals surface area contributed by atoms with Crippen molar-refractivity contribution in [1.29, 1.82) is 0 Å². The zero-order chi connectivity index (χ0) is 19.3. The van der Waals surface area contributed by atoms with Crippen molar-refractivity contribution >= 4 is 11.5 Å². The van der Waals surface area contributed by atoms with Crippen LogP contribution in [0.3, 0.4) is 0 Å². The van der Waals surface area contributed by atoms with E-state index in [1.165, 1.54) is 5.56 Å². The van der Waals surface area contributed by atoms with Crippen LogP contribution in [0.5, 0.6) is 0 Å². The molecule has 3 fully saturated rings. The lowest BCUT2D eigenvalue weighted by Crippen LogP contribution is -2.43. The third-order valence-corrected chi connectivity index (χ3v) is 6.85. The molecular weight excluding hydrogens is 346 g/mol. The Hall–Kier alpha value is -2.39. The molecule has 2 saturated carbocycles. The Morgan fingerprint density at radius 1 is 1.00 bits per heavy atom. The van der Waals surface area contributed by atoms with Gasteiger partial charge in [0, 0.05) is 11.5 Å². The Balaban J connectivity index is 1.73. The average molecular weight is 373 g/mol. The van der Waals surface area contributed by atoms with Gasteiger partial charge in [-0.2, -0.15) is 0 Å². The van der Waals surface area contributed by atoms with Crippen LogP contribution in [-0.4, -0.2) is 11.4 Å². The van der Waals surface area contributed by atoms with Gasteiger partial charge in [0.1, 0.15) is 5.60 Å². The predicted octanol–water partition coefficient (Wildman–Crippen LogP) is 5.64. The smallest absolute Gasteiger partial charge is 0.165 e. The van der Waals surface area contributed by atoms with E-state index < -0.39 is 5.60 Å². The molecule has 1 aliphatic heterocycles. The Kier molecular flexibility index (Phi) is 4.17. The summed E-state index contributed by atoms with van der Waals surface area (Å²) < 4.78 is 0. The summed E-state index contributed by atoms with van der Waals surface area (Å²) in [6.07, 6.45) is 4.14. The van der Waals surface area contributed by atoms with E-state index in [0.717, 1.165) is 42.5 Å². The van der Waals surface area contributed by atoms with Gasteiger partial charge >= 0.3 is 0 Å². The largest absolute Gasteiger partial charge is 0.294 e. The third kappa shape index (κ3) is 2.42. The van der Waals surface area contributed by atoms with Gasteiger partial charge in [0.15, 0.2) is 5.78 Å². The number of Topliss-reactive ketones (excluding diaryl/α,β-unsaturated/α-hetero) is 1. The zero-order valence-corrected chi connectivity index (χ0v) is 16.6. The quantitative estimate of drug-likeness (QED) is 0.638. The lowest BCUT2D eigenvalue weighted by atomic mass is 9.71. The minimum atomic E-state index is -0.404. The first-order valence-corrected chi connectivity index (χ1v) is 10.4. The van der Waals surface area contributed by atoms with Crippen molar-refractivity contribution in [3.8, 4) is 0 Å². The van der Waals surface area contributed by atoms with Crippen LogP contribution in [0.25, 0.3) is 0 Å². The lowest BCUT2D eigenvalue weighted by molar-refractivity contribution is -0.130. The summed E-state index contributed by atoms with van der Waals surface area (Å²) >= 11 is 0. The first-order chi connectivity index (χ1) is 13.6. The summed E-state index contributed by atoms with van der Waals surface area (Å²) in [6.45, 7) is 4.18. The van der Waals surface area contributed by atoms with E-state index in [0.29, 0.717) is 5.78 Å². The van der Waals surface area contributed by atoms with Crippen LogP contribution < -0.4 is 5.06 Å². The van der Waals surface area contributed by atoms with Crippen LogP contribution in [-0.2, 0) is 9.63 Å². The normalized spacial score (nSPS) is 31.6. The van der Waals surface area contributed by atoms with E-state index in [1.807, 2.05) is 12.1 Å². The number of ketones is 1. The lowest BCUT2D eigenvalue weighted by Gasteiger charge is -2.36. The molecule has 0 bridgehead atoms. The SMILES string of the molecule is CC(C)=C1C(=O)C2CCCC[C@]23ON(c2ccccc2)[C@H](c2ccccc2)[C@H]13. The molecule has 1 heterocycles. The third-order valence-electron chi connectivity index (χ3n) is 6.85. The Morgan fingerprint density at radius 2 is 1.68 bits per heavy atom.